The highest BCUT2D eigenvalue weighted by Crippen LogP contribution is 2.09. The van der Waals surface area contributed by atoms with Crippen molar-refractivity contribution >= 4 is 12.1 Å². The Morgan fingerprint density at radius 3 is 2.65 bits per heavy atom. The molecule has 1 aromatic heterocycles. The van der Waals surface area contributed by atoms with Crippen molar-refractivity contribution in [3.8, 4) is 0 Å². The van der Waals surface area contributed by atoms with Gasteiger partial charge in [-0.2, -0.15) is 0 Å². The van der Waals surface area contributed by atoms with Crippen LogP contribution in [0.4, 0.5) is 4.79 Å². The molecule has 1 amide bonds. The van der Waals surface area contributed by atoms with E-state index in [4.69, 9.17) is 9.84 Å². The molecule has 20 heavy (non-hydrogen) atoms. The standard InChI is InChI=1S/C14H22N2O4/c1-14(2,3)20-13(19)16-11(12(17)18)8-4-6-10-7-5-9-15-10/h5,7,9,11,15H,4,6,8H2,1-3H3,(H,16,19)(H,17,18). The summed E-state index contributed by atoms with van der Waals surface area (Å²) in [5.41, 5.74) is 0.406. The molecule has 6 heteroatoms. The third-order valence-corrected chi connectivity index (χ3v) is 2.59. The summed E-state index contributed by atoms with van der Waals surface area (Å²) in [5, 5.41) is 11.5. The van der Waals surface area contributed by atoms with Gasteiger partial charge in [-0.25, -0.2) is 9.59 Å². The Kier molecular flexibility index (Phi) is 5.61. The van der Waals surface area contributed by atoms with E-state index in [9.17, 15) is 9.59 Å². The molecule has 0 saturated carbocycles. The lowest BCUT2D eigenvalue weighted by atomic mass is 10.1. The van der Waals surface area contributed by atoms with Gasteiger partial charge in [-0.1, -0.05) is 0 Å². The molecule has 1 aromatic rings. The predicted octanol–water partition coefficient (Wildman–Crippen LogP) is 2.32. The van der Waals surface area contributed by atoms with Crippen molar-refractivity contribution in [3.63, 3.8) is 0 Å². The number of carbonyl (C=O) groups excluding carboxylic acids is 1. The van der Waals surface area contributed by atoms with Gasteiger partial charge in [-0.3, -0.25) is 0 Å². The van der Waals surface area contributed by atoms with Crippen molar-refractivity contribution in [1.29, 1.82) is 0 Å². The fourth-order valence-electron chi connectivity index (χ4n) is 1.73. The van der Waals surface area contributed by atoms with E-state index >= 15 is 0 Å². The molecule has 0 fully saturated rings. The Hall–Kier alpha value is -1.98. The molecule has 112 valence electrons. The number of aliphatic carboxylic acids is 1. The Morgan fingerprint density at radius 1 is 1.45 bits per heavy atom. The molecule has 1 atom stereocenters. The molecule has 3 N–H and O–H groups in total. The predicted molar refractivity (Wildman–Crippen MR) is 74.5 cm³/mol. The smallest absolute Gasteiger partial charge is 0.408 e. The monoisotopic (exact) mass is 282 g/mol. The van der Waals surface area contributed by atoms with Gasteiger partial charge < -0.3 is 20.1 Å². The van der Waals surface area contributed by atoms with Gasteiger partial charge in [0.2, 0.25) is 0 Å². The third-order valence-electron chi connectivity index (χ3n) is 2.59. The number of aromatic amines is 1. The summed E-state index contributed by atoms with van der Waals surface area (Å²) < 4.78 is 5.05. The number of aromatic nitrogens is 1. The maximum atomic E-state index is 11.6. The molecule has 0 spiro atoms. The highest BCUT2D eigenvalue weighted by Gasteiger charge is 2.23. The minimum absolute atomic E-state index is 0.355. The van der Waals surface area contributed by atoms with Gasteiger partial charge in [0.25, 0.3) is 0 Å². The molecule has 1 unspecified atom stereocenters. The number of carboxylic acids is 1. The average Bonchev–Trinajstić information content (AvgIpc) is 2.77. The Balaban J connectivity index is 2.40. The minimum atomic E-state index is -1.05. The molecule has 0 aromatic carbocycles. The van der Waals surface area contributed by atoms with Gasteiger partial charge in [-0.15, -0.1) is 0 Å². The van der Waals surface area contributed by atoms with Crippen molar-refractivity contribution in [3.05, 3.63) is 24.0 Å². The summed E-state index contributed by atoms with van der Waals surface area (Å²) >= 11 is 0. The molecule has 0 aliphatic carbocycles. The molecular formula is C14H22N2O4. The van der Waals surface area contributed by atoms with E-state index in [0.717, 1.165) is 12.1 Å². The SMILES string of the molecule is CC(C)(C)OC(=O)NC(CCCc1ccc[nH]1)C(=O)O. The van der Waals surface area contributed by atoms with E-state index in [-0.39, 0.29) is 0 Å². The maximum absolute atomic E-state index is 11.6. The van der Waals surface area contributed by atoms with Crippen molar-refractivity contribution in [2.45, 2.75) is 51.7 Å². The summed E-state index contributed by atoms with van der Waals surface area (Å²) in [5.74, 6) is -1.05. The summed E-state index contributed by atoms with van der Waals surface area (Å²) in [6, 6.07) is 2.90. The minimum Gasteiger partial charge on any atom is -0.480 e. The Morgan fingerprint density at radius 2 is 2.15 bits per heavy atom. The normalized spacial score (nSPS) is 12.8. The highest BCUT2D eigenvalue weighted by molar-refractivity contribution is 5.79. The number of ether oxygens (including phenoxy) is 1. The lowest BCUT2D eigenvalue weighted by molar-refractivity contribution is -0.139. The number of amides is 1. The van der Waals surface area contributed by atoms with Crippen LogP contribution in [0.3, 0.4) is 0 Å². The van der Waals surface area contributed by atoms with Crippen LogP contribution >= 0.6 is 0 Å². The van der Waals surface area contributed by atoms with Crippen molar-refractivity contribution in [2.75, 3.05) is 0 Å². The second-order valence-electron chi connectivity index (χ2n) is 5.62. The van der Waals surface area contributed by atoms with Gasteiger partial charge in [-0.05, 0) is 52.2 Å². The molecule has 0 aliphatic rings. The van der Waals surface area contributed by atoms with Gasteiger partial charge in [0.1, 0.15) is 11.6 Å². The zero-order valence-corrected chi connectivity index (χ0v) is 12.1. The number of carbonyl (C=O) groups is 2. The van der Waals surface area contributed by atoms with Crippen LogP contribution in [0.25, 0.3) is 0 Å². The molecule has 6 nitrogen and oxygen atoms in total. The fourth-order valence-corrected chi connectivity index (χ4v) is 1.73. The largest absolute Gasteiger partial charge is 0.480 e. The van der Waals surface area contributed by atoms with Gasteiger partial charge in [0.05, 0.1) is 0 Å². The molecule has 1 rings (SSSR count). The number of rotatable bonds is 6. The van der Waals surface area contributed by atoms with Crippen LogP contribution in [0, 0.1) is 0 Å². The van der Waals surface area contributed by atoms with Crippen LogP contribution in [0.1, 0.15) is 39.3 Å². The average molecular weight is 282 g/mol. The molecule has 0 aliphatic heterocycles. The molecule has 0 radical (unpaired) electrons. The summed E-state index contributed by atoms with van der Waals surface area (Å²) in [4.78, 5) is 25.7. The number of aryl methyl sites for hydroxylation is 1. The van der Waals surface area contributed by atoms with E-state index < -0.39 is 23.7 Å². The van der Waals surface area contributed by atoms with Crippen LogP contribution in [0.5, 0.6) is 0 Å². The number of carboxylic acid groups (broad SMARTS) is 1. The second kappa shape index (κ2) is 6.98. The zero-order valence-electron chi connectivity index (χ0n) is 12.1. The first-order valence-corrected chi connectivity index (χ1v) is 6.62. The van der Waals surface area contributed by atoms with Gasteiger partial charge in [0, 0.05) is 11.9 Å². The van der Waals surface area contributed by atoms with E-state index in [1.54, 1.807) is 20.8 Å². The van der Waals surface area contributed by atoms with Crippen LogP contribution in [0.2, 0.25) is 0 Å². The lowest BCUT2D eigenvalue weighted by Crippen LogP contribution is -2.43. The quantitative estimate of drug-likeness (QED) is 0.746. The first kappa shape index (κ1) is 16.1. The van der Waals surface area contributed by atoms with E-state index in [1.165, 1.54) is 0 Å². The summed E-state index contributed by atoms with van der Waals surface area (Å²) in [6.45, 7) is 5.19. The number of hydrogen-bond donors (Lipinski definition) is 3. The van der Waals surface area contributed by atoms with Crippen LogP contribution in [-0.2, 0) is 16.0 Å². The molecular weight excluding hydrogens is 260 g/mol. The highest BCUT2D eigenvalue weighted by atomic mass is 16.6. The van der Waals surface area contributed by atoms with E-state index in [1.807, 2.05) is 18.3 Å². The molecule has 0 bridgehead atoms. The Bertz CT molecular complexity index is 435. The zero-order chi connectivity index (χ0) is 15.2. The van der Waals surface area contributed by atoms with Crippen LogP contribution in [0.15, 0.2) is 18.3 Å². The second-order valence-corrected chi connectivity index (χ2v) is 5.62. The number of H-pyrrole nitrogens is 1. The molecule has 0 saturated heterocycles. The number of alkyl carbamates (subject to hydrolysis) is 1. The van der Waals surface area contributed by atoms with Crippen molar-refractivity contribution < 1.29 is 19.4 Å². The lowest BCUT2D eigenvalue weighted by Gasteiger charge is -2.21. The third kappa shape index (κ3) is 6.26. The maximum Gasteiger partial charge on any atom is 0.408 e. The number of nitrogens with one attached hydrogen (secondary N) is 2. The first-order valence-electron chi connectivity index (χ1n) is 6.62. The van der Waals surface area contributed by atoms with Crippen LogP contribution < -0.4 is 5.32 Å². The number of hydrogen-bond acceptors (Lipinski definition) is 3. The van der Waals surface area contributed by atoms with E-state index in [2.05, 4.69) is 10.3 Å². The molecule has 1 heterocycles. The summed E-state index contributed by atoms with van der Waals surface area (Å²) in [7, 11) is 0. The first-order chi connectivity index (χ1) is 9.28. The van der Waals surface area contributed by atoms with Crippen molar-refractivity contribution in [2.24, 2.45) is 0 Å². The van der Waals surface area contributed by atoms with Crippen molar-refractivity contribution in [1.82, 2.24) is 10.3 Å². The van der Waals surface area contributed by atoms with Gasteiger partial charge in [0.15, 0.2) is 0 Å². The topological polar surface area (TPSA) is 91.4 Å². The van der Waals surface area contributed by atoms with Gasteiger partial charge >= 0.3 is 12.1 Å². The Labute approximate surface area is 118 Å². The fraction of sp³-hybridized carbons (Fsp3) is 0.571. The van der Waals surface area contributed by atoms with E-state index in [0.29, 0.717) is 12.8 Å². The summed E-state index contributed by atoms with van der Waals surface area (Å²) in [6.07, 6.45) is 2.88. The van der Waals surface area contributed by atoms with Crippen LogP contribution in [-0.4, -0.2) is 33.8 Å².